The summed E-state index contributed by atoms with van der Waals surface area (Å²) in [6.07, 6.45) is 0. The molecule has 3 aromatic rings. The molecular formula is C14H13N3OS. The Morgan fingerprint density at radius 2 is 1.95 bits per heavy atom. The molecule has 0 saturated heterocycles. The van der Waals surface area contributed by atoms with E-state index in [-0.39, 0.29) is 0 Å². The molecule has 19 heavy (non-hydrogen) atoms. The Morgan fingerprint density at radius 1 is 1.11 bits per heavy atom. The van der Waals surface area contributed by atoms with Crippen LogP contribution < -0.4 is 4.74 Å². The Morgan fingerprint density at radius 3 is 2.68 bits per heavy atom. The SMILES string of the molecule is COc1ccccc1-n1c(C)nnc1-c1cccs1. The van der Waals surface area contributed by atoms with Gasteiger partial charge in [-0.25, -0.2) is 0 Å². The van der Waals surface area contributed by atoms with Gasteiger partial charge in [-0.3, -0.25) is 4.57 Å². The van der Waals surface area contributed by atoms with Gasteiger partial charge in [-0.15, -0.1) is 21.5 Å². The van der Waals surface area contributed by atoms with Gasteiger partial charge in [0.25, 0.3) is 0 Å². The quantitative estimate of drug-likeness (QED) is 0.733. The average molecular weight is 271 g/mol. The summed E-state index contributed by atoms with van der Waals surface area (Å²) in [7, 11) is 1.67. The fourth-order valence-electron chi connectivity index (χ4n) is 2.03. The molecule has 5 heteroatoms. The zero-order valence-corrected chi connectivity index (χ0v) is 11.5. The summed E-state index contributed by atoms with van der Waals surface area (Å²) < 4.78 is 7.44. The maximum Gasteiger partial charge on any atom is 0.178 e. The van der Waals surface area contributed by atoms with Crippen LogP contribution in [0, 0.1) is 6.92 Å². The van der Waals surface area contributed by atoms with Crippen molar-refractivity contribution < 1.29 is 4.74 Å². The molecule has 2 aromatic heterocycles. The topological polar surface area (TPSA) is 39.9 Å². The second-order valence-electron chi connectivity index (χ2n) is 4.06. The third-order valence-corrected chi connectivity index (χ3v) is 3.76. The molecule has 96 valence electrons. The normalized spacial score (nSPS) is 10.6. The van der Waals surface area contributed by atoms with Gasteiger partial charge >= 0.3 is 0 Å². The maximum atomic E-state index is 5.42. The average Bonchev–Trinajstić information content (AvgIpc) is 3.07. The smallest absolute Gasteiger partial charge is 0.178 e. The summed E-state index contributed by atoms with van der Waals surface area (Å²) in [6, 6.07) is 11.9. The molecule has 4 nitrogen and oxygen atoms in total. The van der Waals surface area contributed by atoms with Crippen molar-refractivity contribution >= 4 is 11.3 Å². The van der Waals surface area contributed by atoms with Crippen LogP contribution >= 0.6 is 11.3 Å². The van der Waals surface area contributed by atoms with E-state index in [1.807, 2.05) is 53.3 Å². The molecule has 0 atom stereocenters. The monoisotopic (exact) mass is 271 g/mol. The molecular weight excluding hydrogens is 258 g/mol. The lowest BCUT2D eigenvalue weighted by Crippen LogP contribution is -2.01. The molecule has 0 aliphatic carbocycles. The molecule has 0 spiro atoms. The first-order valence-corrected chi connectivity index (χ1v) is 6.78. The van der Waals surface area contributed by atoms with Gasteiger partial charge < -0.3 is 4.74 Å². The summed E-state index contributed by atoms with van der Waals surface area (Å²) in [5.41, 5.74) is 0.955. The highest BCUT2D eigenvalue weighted by molar-refractivity contribution is 7.13. The number of methoxy groups -OCH3 is 1. The summed E-state index contributed by atoms with van der Waals surface area (Å²) in [5, 5.41) is 10.5. The van der Waals surface area contributed by atoms with Crippen LogP contribution in [0.1, 0.15) is 5.82 Å². The lowest BCUT2D eigenvalue weighted by atomic mass is 10.2. The number of thiophene rings is 1. The van der Waals surface area contributed by atoms with Gasteiger partial charge in [-0.1, -0.05) is 18.2 Å². The number of aryl methyl sites for hydroxylation is 1. The maximum absolute atomic E-state index is 5.42. The van der Waals surface area contributed by atoms with Crippen molar-refractivity contribution in [3.63, 3.8) is 0 Å². The van der Waals surface area contributed by atoms with Crippen LogP contribution in [0.2, 0.25) is 0 Å². The number of aromatic nitrogens is 3. The van der Waals surface area contributed by atoms with Crippen LogP contribution in [-0.2, 0) is 0 Å². The van der Waals surface area contributed by atoms with Gasteiger partial charge in [0, 0.05) is 0 Å². The standard InChI is InChI=1S/C14H13N3OS/c1-10-15-16-14(13-8-5-9-19-13)17(10)11-6-3-4-7-12(11)18-2/h3-9H,1-2H3. The van der Waals surface area contributed by atoms with Crippen molar-refractivity contribution in [3.8, 4) is 22.1 Å². The van der Waals surface area contributed by atoms with Crippen LogP contribution in [0.15, 0.2) is 41.8 Å². The molecule has 0 radical (unpaired) electrons. The minimum Gasteiger partial charge on any atom is -0.495 e. The van der Waals surface area contributed by atoms with Gasteiger partial charge in [0.05, 0.1) is 17.7 Å². The molecule has 1 aromatic carbocycles. The van der Waals surface area contributed by atoms with Crippen LogP contribution in [0.25, 0.3) is 16.4 Å². The number of ether oxygens (including phenoxy) is 1. The number of hydrogen-bond donors (Lipinski definition) is 0. The number of para-hydroxylation sites is 2. The molecule has 2 heterocycles. The fraction of sp³-hybridized carbons (Fsp3) is 0.143. The highest BCUT2D eigenvalue weighted by atomic mass is 32.1. The first kappa shape index (κ1) is 11.9. The van der Waals surface area contributed by atoms with Crippen molar-refractivity contribution in [2.24, 2.45) is 0 Å². The second-order valence-corrected chi connectivity index (χ2v) is 5.00. The minimum absolute atomic E-state index is 0.809. The lowest BCUT2D eigenvalue weighted by Gasteiger charge is -2.11. The van der Waals surface area contributed by atoms with E-state index in [2.05, 4.69) is 10.2 Å². The summed E-state index contributed by atoms with van der Waals surface area (Å²) in [6.45, 7) is 1.94. The zero-order valence-electron chi connectivity index (χ0n) is 10.7. The molecule has 0 aliphatic rings. The molecule has 0 fully saturated rings. The predicted octanol–water partition coefficient (Wildman–Crippen LogP) is 3.31. The van der Waals surface area contributed by atoms with Gasteiger partial charge in [0.2, 0.25) is 0 Å². The number of benzene rings is 1. The van der Waals surface area contributed by atoms with Crippen LogP contribution in [0.4, 0.5) is 0 Å². The molecule has 0 saturated carbocycles. The summed E-state index contributed by atoms with van der Waals surface area (Å²) >= 11 is 1.65. The van der Waals surface area contributed by atoms with Gasteiger partial charge in [-0.2, -0.15) is 0 Å². The van der Waals surface area contributed by atoms with Gasteiger partial charge in [0.15, 0.2) is 5.82 Å². The van der Waals surface area contributed by atoms with Crippen LogP contribution in [0.3, 0.4) is 0 Å². The van der Waals surface area contributed by atoms with E-state index < -0.39 is 0 Å². The van der Waals surface area contributed by atoms with E-state index in [0.29, 0.717) is 0 Å². The van der Waals surface area contributed by atoms with Crippen molar-refractivity contribution in [1.82, 2.24) is 14.8 Å². The van der Waals surface area contributed by atoms with Gasteiger partial charge in [0.1, 0.15) is 11.6 Å². The van der Waals surface area contributed by atoms with Crippen LogP contribution in [-0.4, -0.2) is 21.9 Å². The Balaban J connectivity index is 2.23. The third-order valence-electron chi connectivity index (χ3n) is 2.89. The molecule has 3 rings (SSSR count). The van der Waals surface area contributed by atoms with E-state index >= 15 is 0 Å². The summed E-state index contributed by atoms with van der Waals surface area (Å²) in [5.74, 6) is 2.49. The number of hydrogen-bond acceptors (Lipinski definition) is 4. The Bertz CT molecular complexity index is 689. The molecule has 0 unspecified atom stereocenters. The first-order chi connectivity index (χ1) is 9.31. The van der Waals surface area contributed by atoms with Crippen molar-refractivity contribution in [2.75, 3.05) is 7.11 Å². The second kappa shape index (κ2) is 4.85. The van der Waals surface area contributed by atoms with E-state index in [4.69, 9.17) is 4.74 Å². The van der Waals surface area contributed by atoms with Crippen molar-refractivity contribution in [1.29, 1.82) is 0 Å². The number of rotatable bonds is 3. The van der Waals surface area contributed by atoms with Crippen LogP contribution in [0.5, 0.6) is 5.75 Å². The van der Waals surface area contributed by atoms with E-state index in [1.54, 1.807) is 18.4 Å². The highest BCUT2D eigenvalue weighted by Gasteiger charge is 2.16. The minimum atomic E-state index is 0.809. The lowest BCUT2D eigenvalue weighted by molar-refractivity contribution is 0.412. The largest absolute Gasteiger partial charge is 0.495 e. The zero-order chi connectivity index (χ0) is 13.2. The molecule has 0 aliphatic heterocycles. The molecule has 0 N–H and O–H groups in total. The number of nitrogens with zero attached hydrogens (tertiary/aromatic N) is 3. The molecule has 0 amide bonds. The Labute approximate surface area is 115 Å². The van der Waals surface area contributed by atoms with E-state index in [9.17, 15) is 0 Å². The summed E-state index contributed by atoms with van der Waals surface area (Å²) in [4.78, 5) is 1.09. The predicted molar refractivity (Wildman–Crippen MR) is 76.0 cm³/mol. The third kappa shape index (κ3) is 2.02. The molecule has 0 bridgehead atoms. The van der Waals surface area contributed by atoms with Gasteiger partial charge in [-0.05, 0) is 30.5 Å². The first-order valence-electron chi connectivity index (χ1n) is 5.90. The van der Waals surface area contributed by atoms with Crippen molar-refractivity contribution in [2.45, 2.75) is 6.92 Å². The van der Waals surface area contributed by atoms with E-state index in [0.717, 1.165) is 28.0 Å². The van der Waals surface area contributed by atoms with E-state index in [1.165, 1.54) is 0 Å². The van der Waals surface area contributed by atoms with Crippen molar-refractivity contribution in [3.05, 3.63) is 47.6 Å². The highest BCUT2D eigenvalue weighted by Crippen LogP contribution is 2.30. The fourth-order valence-corrected chi connectivity index (χ4v) is 2.73. The Hall–Kier alpha value is -2.14. The Kier molecular flexibility index (Phi) is 3.05.